The highest BCUT2D eigenvalue weighted by Gasteiger charge is 2.24. The number of hydrogen-bond donors (Lipinski definition) is 1. The Balaban J connectivity index is 3.75. The minimum absolute atomic E-state index is 0.324. The second kappa shape index (κ2) is 8.10. The Morgan fingerprint density at radius 1 is 1.18 bits per heavy atom. The molecule has 17 heavy (non-hydrogen) atoms. The molecule has 2 nitrogen and oxygen atoms in total. The standard InChI is InChI=1S/C15H34N2/c1-8-15(5,6)17(7)14(4)10-9-11-16-12-13(2)3/h13-14,16H,8-12H2,1-7H3. The summed E-state index contributed by atoms with van der Waals surface area (Å²) in [4.78, 5) is 2.52. The van der Waals surface area contributed by atoms with Gasteiger partial charge in [0.1, 0.15) is 0 Å². The third-order valence-corrected chi connectivity index (χ3v) is 4.01. The number of rotatable bonds is 9. The Bertz CT molecular complexity index is 187. The molecule has 0 aromatic rings. The minimum atomic E-state index is 0.324. The topological polar surface area (TPSA) is 15.3 Å². The second-order valence-corrected chi connectivity index (χ2v) is 6.37. The first kappa shape index (κ1) is 16.9. The van der Waals surface area contributed by atoms with Crippen molar-refractivity contribution in [3.63, 3.8) is 0 Å². The molecule has 0 saturated carbocycles. The van der Waals surface area contributed by atoms with Gasteiger partial charge in [-0.15, -0.1) is 0 Å². The van der Waals surface area contributed by atoms with Crippen LogP contribution in [0, 0.1) is 5.92 Å². The van der Waals surface area contributed by atoms with E-state index in [1.165, 1.54) is 19.3 Å². The van der Waals surface area contributed by atoms with Gasteiger partial charge in [0, 0.05) is 11.6 Å². The smallest absolute Gasteiger partial charge is 0.0150 e. The fourth-order valence-corrected chi connectivity index (χ4v) is 1.95. The van der Waals surface area contributed by atoms with Crippen LogP contribution in [0.2, 0.25) is 0 Å². The van der Waals surface area contributed by atoms with Crippen molar-refractivity contribution in [2.24, 2.45) is 5.92 Å². The first-order chi connectivity index (χ1) is 7.81. The van der Waals surface area contributed by atoms with E-state index in [0.717, 1.165) is 19.0 Å². The molecule has 1 unspecified atom stereocenters. The molecule has 2 heteroatoms. The lowest BCUT2D eigenvalue weighted by Crippen LogP contribution is -2.45. The molecule has 1 atom stereocenters. The van der Waals surface area contributed by atoms with E-state index in [-0.39, 0.29) is 0 Å². The summed E-state index contributed by atoms with van der Waals surface area (Å²) >= 11 is 0. The van der Waals surface area contributed by atoms with Crippen LogP contribution in [-0.2, 0) is 0 Å². The molecule has 0 heterocycles. The Morgan fingerprint density at radius 3 is 2.24 bits per heavy atom. The molecule has 0 aliphatic heterocycles. The SMILES string of the molecule is CCC(C)(C)N(C)C(C)CCCNCC(C)C. The summed E-state index contributed by atoms with van der Waals surface area (Å²) in [5.74, 6) is 0.758. The van der Waals surface area contributed by atoms with Crippen molar-refractivity contribution in [1.82, 2.24) is 10.2 Å². The van der Waals surface area contributed by atoms with Crippen molar-refractivity contribution in [1.29, 1.82) is 0 Å². The van der Waals surface area contributed by atoms with Gasteiger partial charge < -0.3 is 5.32 Å². The average Bonchev–Trinajstić information content (AvgIpc) is 2.26. The largest absolute Gasteiger partial charge is 0.316 e. The van der Waals surface area contributed by atoms with E-state index in [9.17, 15) is 0 Å². The maximum atomic E-state index is 3.51. The van der Waals surface area contributed by atoms with E-state index in [4.69, 9.17) is 0 Å². The van der Waals surface area contributed by atoms with Gasteiger partial charge in [-0.1, -0.05) is 20.8 Å². The van der Waals surface area contributed by atoms with E-state index in [2.05, 4.69) is 58.8 Å². The third-order valence-electron chi connectivity index (χ3n) is 4.01. The lowest BCUT2D eigenvalue weighted by atomic mass is 9.97. The molecule has 0 aromatic carbocycles. The van der Waals surface area contributed by atoms with Gasteiger partial charge in [-0.2, -0.15) is 0 Å². The molecule has 0 amide bonds. The Kier molecular flexibility index (Phi) is 8.06. The summed E-state index contributed by atoms with van der Waals surface area (Å²) in [6.07, 6.45) is 3.77. The predicted octanol–water partition coefficient (Wildman–Crippen LogP) is 3.52. The predicted molar refractivity (Wildman–Crippen MR) is 78.5 cm³/mol. The lowest BCUT2D eigenvalue weighted by Gasteiger charge is -2.39. The molecule has 0 fully saturated rings. The van der Waals surface area contributed by atoms with Gasteiger partial charge in [0.15, 0.2) is 0 Å². The zero-order chi connectivity index (χ0) is 13.5. The molecule has 1 N–H and O–H groups in total. The Morgan fingerprint density at radius 2 is 1.76 bits per heavy atom. The summed E-state index contributed by atoms with van der Waals surface area (Å²) < 4.78 is 0. The van der Waals surface area contributed by atoms with Crippen LogP contribution >= 0.6 is 0 Å². The van der Waals surface area contributed by atoms with Crippen molar-refractivity contribution in [3.8, 4) is 0 Å². The minimum Gasteiger partial charge on any atom is -0.316 e. The third kappa shape index (κ3) is 7.05. The van der Waals surface area contributed by atoms with Crippen molar-refractivity contribution in [2.45, 2.75) is 72.4 Å². The number of nitrogens with one attached hydrogen (secondary N) is 1. The zero-order valence-electron chi connectivity index (χ0n) is 13.1. The molecule has 0 aliphatic carbocycles. The molecule has 0 aromatic heterocycles. The fraction of sp³-hybridized carbons (Fsp3) is 1.00. The molecule has 0 bridgehead atoms. The molecular weight excluding hydrogens is 208 g/mol. The van der Waals surface area contributed by atoms with Gasteiger partial charge in [-0.25, -0.2) is 0 Å². The first-order valence-electron chi connectivity index (χ1n) is 7.25. The van der Waals surface area contributed by atoms with Gasteiger partial charge in [0.2, 0.25) is 0 Å². The molecule has 104 valence electrons. The van der Waals surface area contributed by atoms with E-state index in [1.54, 1.807) is 0 Å². The van der Waals surface area contributed by atoms with Gasteiger partial charge in [0.25, 0.3) is 0 Å². The van der Waals surface area contributed by atoms with Crippen LogP contribution in [0.4, 0.5) is 0 Å². The van der Waals surface area contributed by atoms with Crippen molar-refractivity contribution in [2.75, 3.05) is 20.1 Å². The van der Waals surface area contributed by atoms with Crippen LogP contribution in [-0.4, -0.2) is 36.6 Å². The zero-order valence-corrected chi connectivity index (χ0v) is 13.1. The molecular formula is C15H34N2. The number of hydrogen-bond acceptors (Lipinski definition) is 2. The van der Waals surface area contributed by atoms with E-state index in [0.29, 0.717) is 11.6 Å². The highest BCUT2D eigenvalue weighted by molar-refractivity contribution is 4.81. The van der Waals surface area contributed by atoms with E-state index < -0.39 is 0 Å². The van der Waals surface area contributed by atoms with E-state index in [1.807, 2.05) is 0 Å². The van der Waals surface area contributed by atoms with Crippen molar-refractivity contribution in [3.05, 3.63) is 0 Å². The highest BCUT2D eigenvalue weighted by Crippen LogP contribution is 2.20. The fourth-order valence-electron chi connectivity index (χ4n) is 1.95. The molecule has 0 rings (SSSR count). The van der Waals surface area contributed by atoms with Crippen molar-refractivity contribution < 1.29 is 0 Å². The van der Waals surface area contributed by atoms with Crippen LogP contribution in [0.25, 0.3) is 0 Å². The normalized spacial score (nSPS) is 14.6. The summed E-state index contributed by atoms with van der Waals surface area (Å²) in [6.45, 7) is 16.1. The van der Waals surface area contributed by atoms with Crippen LogP contribution in [0.3, 0.4) is 0 Å². The van der Waals surface area contributed by atoms with Gasteiger partial charge in [-0.05, 0) is 66.1 Å². The van der Waals surface area contributed by atoms with Crippen LogP contribution in [0.5, 0.6) is 0 Å². The lowest BCUT2D eigenvalue weighted by molar-refractivity contribution is 0.0998. The van der Waals surface area contributed by atoms with Crippen LogP contribution in [0.15, 0.2) is 0 Å². The molecule has 0 saturated heterocycles. The second-order valence-electron chi connectivity index (χ2n) is 6.37. The quantitative estimate of drug-likeness (QED) is 0.622. The van der Waals surface area contributed by atoms with Gasteiger partial charge in [0.05, 0.1) is 0 Å². The van der Waals surface area contributed by atoms with Gasteiger partial charge in [-0.3, -0.25) is 4.90 Å². The van der Waals surface area contributed by atoms with Crippen LogP contribution in [0.1, 0.15) is 60.8 Å². The molecule has 0 radical (unpaired) electrons. The first-order valence-corrected chi connectivity index (χ1v) is 7.25. The van der Waals surface area contributed by atoms with Gasteiger partial charge >= 0.3 is 0 Å². The molecule has 0 aliphatic rings. The van der Waals surface area contributed by atoms with Crippen molar-refractivity contribution >= 4 is 0 Å². The Hall–Kier alpha value is -0.0800. The van der Waals surface area contributed by atoms with E-state index >= 15 is 0 Å². The molecule has 0 spiro atoms. The summed E-state index contributed by atoms with van der Waals surface area (Å²) in [6, 6.07) is 0.672. The summed E-state index contributed by atoms with van der Waals surface area (Å²) in [5, 5.41) is 3.51. The number of nitrogens with zero attached hydrogens (tertiary/aromatic N) is 1. The maximum Gasteiger partial charge on any atom is 0.0150 e. The monoisotopic (exact) mass is 242 g/mol. The maximum absolute atomic E-state index is 3.51. The summed E-state index contributed by atoms with van der Waals surface area (Å²) in [5.41, 5.74) is 0.324. The van der Waals surface area contributed by atoms with Crippen LogP contribution < -0.4 is 5.32 Å². The Labute approximate surface area is 109 Å². The average molecular weight is 242 g/mol. The highest BCUT2D eigenvalue weighted by atomic mass is 15.2. The summed E-state index contributed by atoms with van der Waals surface area (Å²) in [7, 11) is 2.26.